The molecule has 0 amide bonds. The monoisotopic (exact) mass is 220 g/mol. The van der Waals surface area contributed by atoms with E-state index >= 15 is 0 Å². The number of hydrogen-bond donors (Lipinski definition) is 0. The summed E-state index contributed by atoms with van der Waals surface area (Å²) in [5, 5.41) is 26.2. The number of azo groups is 1. The first-order chi connectivity index (χ1) is 7.45. The Kier molecular flexibility index (Phi) is 5.67. The Morgan fingerprint density at radius 3 is 1.38 bits per heavy atom. The average molecular weight is 220 g/mol. The number of nitriles is 2. The first kappa shape index (κ1) is 14.6. The van der Waals surface area contributed by atoms with Crippen LogP contribution in [0.1, 0.15) is 53.4 Å². The van der Waals surface area contributed by atoms with Crippen molar-refractivity contribution >= 4 is 0 Å². The van der Waals surface area contributed by atoms with Gasteiger partial charge in [-0.2, -0.15) is 20.8 Å². The Hall–Kier alpha value is -1.42. The summed E-state index contributed by atoms with van der Waals surface area (Å²) in [5.74, 6) is 0. The van der Waals surface area contributed by atoms with Gasteiger partial charge in [-0.05, 0) is 26.7 Å². The van der Waals surface area contributed by atoms with Gasteiger partial charge in [0.25, 0.3) is 0 Å². The molecule has 0 aromatic rings. The van der Waals surface area contributed by atoms with Crippen LogP contribution >= 0.6 is 0 Å². The van der Waals surface area contributed by atoms with Crippen molar-refractivity contribution in [1.29, 1.82) is 10.5 Å². The number of hydrogen-bond acceptors (Lipinski definition) is 4. The maximum atomic E-state index is 9.03. The van der Waals surface area contributed by atoms with Crippen LogP contribution in [0.2, 0.25) is 0 Å². The van der Waals surface area contributed by atoms with E-state index in [0.29, 0.717) is 12.8 Å². The molecule has 0 aliphatic carbocycles. The zero-order valence-corrected chi connectivity index (χ0v) is 10.6. The first-order valence-corrected chi connectivity index (χ1v) is 5.72. The van der Waals surface area contributed by atoms with Gasteiger partial charge in [0.15, 0.2) is 11.1 Å². The second-order valence-corrected chi connectivity index (χ2v) is 4.47. The SMILES string of the molecule is CCCC(C)(C#N)N=NC(C)(C#N)CCC. The molecule has 0 fully saturated rings. The zero-order valence-electron chi connectivity index (χ0n) is 10.6. The molecule has 0 aliphatic rings. The van der Waals surface area contributed by atoms with Crippen LogP contribution in [0.3, 0.4) is 0 Å². The van der Waals surface area contributed by atoms with Gasteiger partial charge in [0.05, 0.1) is 12.1 Å². The van der Waals surface area contributed by atoms with Crippen LogP contribution in [0, 0.1) is 22.7 Å². The maximum Gasteiger partial charge on any atom is 0.164 e. The van der Waals surface area contributed by atoms with Crippen LogP contribution in [0.25, 0.3) is 0 Å². The van der Waals surface area contributed by atoms with Crippen LogP contribution in [0.15, 0.2) is 10.2 Å². The summed E-state index contributed by atoms with van der Waals surface area (Å²) in [7, 11) is 0. The largest absolute Gasteiger partial charge is 0.196 e. The molecule has 0 saturated heterocycles. The van der Waals surface area contributed by atoms with Crippen molar-refractivity contribution in [3.63, 3.8) is 0 Å². The Bertz CT molecular complexity index is 291. The highest BCUT2D eigenvalue weighted by Gasteiger charge is 2.26. The summed E-state index contributed by atoms with van der Waals surface area (Å²) in [6, 6.07) is 4.30. The van der Waals surface area contributed by atoms with Gasteiger partial charge in [-0.1, -0.05) is 26.7 Å². The molecule has 0 radical (unpaired) electrons. The molecule has 88 valence electrons. The third-order valence-corrected chi connectivity index (χ3v) is 2.45. The van der Waals surface area contributed by atoms with Gasteiger partial charge in [0.2, 0.25) is 0 Å². The molecule has 4 nitrogen and oxygen atoms in total. The minimum Gasteiger partial charge on any atom is -0.196 e. The topological polar surface area (TPSA) is 72.3 Å². The fraction of sp³-hybridized carbons (Fsp3) is 0.833. The predicted octanol–water partition coefficient (Wildman–Crippen LogP) is 3.60. The van der Waals surface area contributed by atoms with E-state index in [1.807, 2.05) is 13.8 Å². The average Bonchev–Trinajstić information content (AvgIpc) is 2.27. The molecule has 0 saturated carbocycles. The molecule has 0 bridgehead atoms. The Balaban J connectivity index is 4.80. The van der Waals surface area contributed by atoms with E-state index in [4.69, 9.17) is 10.5 Å². The van der Waals surface area contributed by atoms with E-state index in [1.165, 1.54) is 0 Å². The van der Waals surface area contributed by atoms with E-state index in [0.717, 1.165) is 12.8 Å². The van der Waals surface area contributed by atoms with Gasteiger partial charge in [-0.25, -0.2) is 0 Å². The van der Waals surface area contributed by atoms with E-state index in [-0.39, 0.29) is 0 Å². The first-order valence-electron chi connectivity index (χ1n) is 5.72. The van der Waals surface area contributed by atoms with Crippen molar-refractivity contribution in [1.82, 2.24) is 0 Å². The van der Waals surface area contributed by atoms with Gasteiger partial charge in [0, 0.05) is 0 Å². The third kappa shape index (κ3) is 4.40. The van der Waals surface area contributed by atoms with E-state index in [9.17, 15) is 0 Å². The van der Waals surface area contributed by atoms with Crippen LogP contribution in [0.5, 0.6) is 0 Å². The van der Waals surface area contributed by atoms with Gasteiger partial charge in [0.1, 0.15) is 0 Å². The van der Waals surface area contributed by atoms with Crippen LogP contribution < -0.4 is 0 Å². The fourth-order valence-corrected chi connectivity index (χ4v) is 1.45. The molecule has 0 aliphatic heterocycles. The second-order valence-electron chi connectivity index (χ2n) is 4.47. The molecule has 0 rings (SSSR count). The molecule has 0 spiro atoms. The van der Waals surface area contributed by atoms with Crippen LogP contribution in [0.4, 0.5) is 0 Å². The summed E-state index contributed by atoms with van der Waals surface area (Å²) < 4.78 is 0. The zero-order chi connectivity index (χ0) is 12.7. The number of rotatable bonds is 6. The molecule has 0 aromatic carbocycles. The lowest BCUT2D eigenvalue weighted by atomic mass is 9.98. The van der Waals surface area contributed by atoms with Gasteiger partial charge in [-0.3, -0.25) is 0 Å². The summed E-state index contributed by atoms with van der Waals surface area (Å²) >= 11 is 0. The predicted molar refractivity (Wildman–Crippen MR) is 62.7 cm³/mol. The van der Waals surface area contributed by atoms with Gasteiger partial charge >= 0.3 is 0 Å². The summed E-state index contributed by atoms with van der Waals surface area (Å²) in [6.07, 6.45) is 3.08. The highest BCUT2D eigenvalue weighted by Crippen LogP contribution is 2.22. The molecule has 0 heterocycles. The molecule has 16 heavy (non-hydrogen) atoms. The van der Waals surface area contributed by atoms with Crippen molar-refractivity contribution < 1.29 is 0 Å². The molecule has 4 heteroatoms. The van der Waals surface area contributed by atoms with Gasteiger partial charge in [-0.15, -0.1) is 0 Å². The van der Waals surface area contributed by atoms with Crippen molar-refractivity contribution in [2.24, 2.45) is 10.2 Å². The highest BCUT2D eigenvalue weighted by molar-refractivity contribution is 5.06. The second kappa shape index (κ2) is 6.23. The standard InChI is InChI=1S/C12H20N4/c1-5-7-11(3,9-13)15-16-12(4,10-14)8-6-2/h5-8H2,1-4H3. The molecular weight excluding hydrogens is 200 g/mol. The van der Waals surface area contributed by atoms with E-state index in [2.05, 4.69) is 22.4 Å². The lowest BCUT2D eigenvalue weighted by Gasteiger charge is -2.18. The summed E-state index contributed by atoms with van der Waals surface area (Å²) in [5.41, 5.74) is -1.58. The minimum absolute atomic E-state index is 0.667. The molecule has 0 aromatic heterocycles. The molecule has 2 atom stereocenters. The highest BCUT2D eigenvalue weighted by atomic mass is 15.2. The lowest BCUT2D eigenvalue weighted by molar-refractivity contribution is 0.446. The molecule has 2 unspecified atom stereocenters. The lowest BCUT2D eigenvalue weighted by Crippen LogP contribution is -2.23. The Labute approximate surface area is 98.0 Å². The van der Waals surface area contributed by atoms with E-state index in [1.54, 1.807) is 13.8 Å². The van der Waals surface area contributed by atoms with Crippen LogP contribution in [-0.2, 0) is 0 Å². The van der Waals surface area contributed by atoms with Crippen LogP contribution in [-0.4, -0.2) is 11.1 Å². The fourth-order valence-electron chi connectivity index (χ4n) is 1.45. The smallest absolute Gasteiger partial charge is 0.164 e. The quantitative estimate of drug-likeness (QED) is 0.641. The van der Waals surface area contributed by atoms with Crippen molar-refractivity contribution in [2.75, 3.05) is 0 Å². The normalized spacial score (nSPS) is 18.4. The van der Waals surface area contributed by atoms with Crippen molar-refractivity contribution in [3.8, 4) is 12.1 Å². The third-order valence-electron chi connectivity index (χ3n) is 2.45. The Morgan fingerprint density at radius 2 is 1.19 bits per heavy atom. The minimum atomic E-state index is -0.791. The summed E-state index contributed by atoms with van der Waals surface area (Å²) in [4.78, 5) is 0. The van der Waals surface area contributed by atoms with Crippen molar-refractivity contribution in [2.45, 2.75) is 64.5 Å². The summed E-state index contributed by atoms with van der Waals surface area (Å²) in [6.45, 7) is 7.51. The number of nitrogens with zero attached hydrogens (tertiary/aromatic N) is 4. The van der Waals surface area contributed by atoms with Crippen molar-refractivity contribution in [3.05, 3.63) is 0 Å². The molecule has 0 N–H and O–H groups in total. The Morgan fingerprint density at radius 1 is 0.875 bits per heavy atom. The maximum absolute atomic E-state index is 9.03. The molecular formula is C12H20N4. The van der Waals surface area contributed by atoms with Gasteiger partial charge < -0.3 is 0 Å². The van der Waals surface area contributed by atoms with E-state index < -0.39 is 11.1 Å².